The van der Waals surface area contributed by atoms with Gasteiger partial charge < -0.3 is 15.2 Å². The van der Waals surface area contributed by atoms with Gasteiger partial charge in [0.25, 0.3) is 11.8 Å². The summed E-state index contributed by atoms with van der Waals surface area (Å²) in [6.45, 7) is 0.462. The first kappa shape index (κ1) is 20.3. The lowest BCUT2D eigenvalue weighted by atomic mass is 10.2. The van der Waals surface area contributed by atoms with Gasteiger partial charge in [0.15, 0.2) is 0 Å². The minimum atomic E-state index is -3.83. The molecule has 150 valence electrons. The van der Waals surface area contributed by atoms with Crippen LogP contribution < -0.4 is 5.73 Å². The largest absolute Gasteiger partial charge is 0.364 e. The Morgan fingerprint density at radius 1 is 1.14 bits per heavy atom. The lowest BCUT2D eigenvalue weighted by Gasteiger charge is -2.34. The van der Waals surface area contributed by atoms with E-state index < -0.39 is 27.7 Å². The zero-order valence-corrected chi connectivity index (χ0v) is 16.5. The number of carbonyl (C=O) groups excluding carboxylic acids is 2. The molecule has 0 unspecified atom stereocenters. The van der Waals surface area contributed by atoms with Gasteiger partial charge in [-0.25, -0.2) is 12.8 Å². The highest BCUT2D eigenvalue weighted by atomic mass is 35.5. The van der Waals surface area contributed by atoms with E-state index in [1.54, 1.807) is 0 Å². The van der Waals surface area contributed by atoms with Gasteiger partial charge in [0.2, 0.25) is 10.0 Å². The number of carbonyl (C=O) groups is 2. The van der Waals surface area contributed by atoms with Crippen molar-refractivity contribution < 1.29 is 22.4 Å². The summed E-state index contributed by atoms with van der Waals surface area (Å²) in [5, 5.41) is 0.00307. The van der Waals surface area contributed by atoms with Crippen LogP contribution in [0.3, 0.4) is 0 Å². The van der Waals surface area contributed by atoms with Crippen LogP contribution >= 0.6 is 11.6 Å². The van der Waals surface area contributed by atoms with Gasteiger partial charge in [0, 0.05) is 39.4 Å². The highest BCUT2D eigenvalue weighted by molar-refractivity contribution is 7.89. The standard InChI is InChI=1S/C17H18ClFN4O4S/c1-21-10-12(9-15(21)16(20)24)28(26,27)23-6-4-22(5-7-23)17(25)13-3-2-11(19)8-14(13)18/h2-3,8-10H,4-7H2,1H3,(H2,20,24). The number of amides is 2. The van der Waals surface area contributed by atoms with Crippen LogP contribution in [0.5, 0.6) is 0 Å². The minimum absolute atomic E-state index is 0.00307. The number of aromatic nitrogens is 1. The Hall–Kier alpha value is -2.43. The monoisotopic (exact) mass is 428 g/mol. The Bertz CT molecular complexity index is 1050. The van der Waals surface area contributed by atoms with Crippen LogP contribution in [0.15, 0.2) is 35.4 Å². The van der Waals surface area contributed by atoms with Crippen molar-refractivity contribution >= 4 is 33.4 Å². The maximum Gasteiger partial charge on any atom is 0.265 e. The molecule has 2 amide bonds. The molecule has 0 bridgehead atoms. The number of aryl methyl sites for hydroxylation is 1. The van der Waals surface area contributed by atoms with E-state index >= 15 is 0 Å². The Morgan fingerprint density at radius 2 is 1.79 bits per heavy atom. The summed E-state index contributed by atoms with van der Waals surface area (Å²) in [6, 6.07) is 4.73. The van der Waals surface area contributed by atoms with Gasteiger partial charge in [-0.1, -0.05) is 11.6 Å². The van der Waals surface area contributed by atoms with Crippen LogP contribution in [0, 0.1) is 5.82 Å². The topological polar surface area (TPSA) is 106 Å². The first-order chi connectivity index (χ1) is 13.1. The molecule has 1 saturated heterocycles. The first-order valence-corrected chi connectivity index (χ1v) is 10.1. The predicted octanol–water partition coefficient (Wildman–Crippen LogP) is 1.06. The van der Waals surface area contributed by atoms with Crippen LogP contribution in [-0.2, 0) is 17.1 Å². The molecule has 0 radical (unpaired) electrons. The number of sulfonamides is 1. The molecule has 8 nitrogen and oxygen atoms in total. The summed E-state index contributed by atoms with van der Waals surface area (Å²) >= 11 is 5.93. The van der Waals surface area contributed by atoms with Gasteiger partial charge in [-0.05, 0) is 24.3 Å². The molecule has 0 spiro atoms. The molecule has 2 aromatic rings. The van der Waals surface area contributed by atoms with E-state index in [0.29, 0.717) is 0 Å². The lowest BCUT2D eigenvalue weighted by Crippen LogP contribution is -2.50. The fourth-order valence-corrected chi connectivity index (χ4v) is 4.78. The molecule has 0 atom stereocenters. The fourth-order valence-electron chi connectivity index (χ4n) is 3.03. The van der Waals surface area contributed by atoms with E-state index in [4.69, 9.17) is 17.3 Å². The third-order valence-electron chi connectivity index (χ3n) is 4.56. The third kappa shape index (κ3) is 3.75. The lowest BCUT2D eigenvalue weighted by molar-refractivity contribution is 0.0698. The van der Waals surface area contributed by atoms with Gasteiger partial charge in [-0.3, -0.25) is 9.59 Å². The van der Waals surface area contributed by atoms with Crippen molar-refractivity contribution in [3.05, 3.63) is 52.6 Å². The van der Waals surface area contributed by atoms with Crippen molar-refractivity contribution in [1.82, 2.24) is 13.8 Å². The number of nitrogens with two attached hydrogens (primary N) is 1. The number of benzene rings is 1. The fraction of sp³-hybridized carbons (Fsp3) is 0.294. The molecule has 1 fully saturated rings. The van der Waals surface area contributed by atoms with E-state index in [2.05, 4.69) is 0 Å². The molecule has 0 aliphatic carbocycles. The zero-order valence-electron chi connectivity index (χ0n) is 14.9. The first-order valence-electron chi connectivity index (χ1n) is 8.32. The molecule has 1 aliphatic heterocycles. The summed E-state index contributed by atoms with van der Waals surface area (Å²) < 4.78 is 41.4. The third-order valence-corrected chi connectivity index (χ3v) is 6.73. The number of hydrogen-bond donors (Lipinski definition) is 1. The van der Waals surface area contributed by atoms with Crippen LogP contribution in [0.4, 0.5) is 4.39 Å². The molecule has 1 aliphatic rings. The Labute approximate surface area is 166 Å². The molecule has 28 heavy (non-hydrogen) atoms. The summed E-state index contributed by atoms with van der Waals surface area (Å²) in [5.74, 6) is -1.66. The van der Waals surface area contributed by atoms with E-state index in [1.165, 1.54) is 39.1 Å². The second-order valence-electron chi connectivity index (χ2n) is 6.36. The minimum Gasteiger partial charge on any atom is -0.364 e. The molecule has 2 N–H and O–H groups in total. The summed E-state index contributed by atoms with van der Waals surface area (Å²) in [7, 11) is -2.30. The summed E-state index contributed by atoms with van der Waals surface area (Å²) in [5.41, 5.74) is 5.47. The molecule has 2 heterocycles. The van der Waals surface area contributed by atoms with Crippen molar-refractivity contribution in [2.24, 2.45) is 12.8 Å². The SMILES string of the molecule is Cn1cc(S(=O)(=O)N2CCN(C(=O)c3ccc(F)cc3Cl)CC2)cc1C(N)=O. The Kier molecular flexibility index (Phi) is 5.46. The molecule has 11 heteroatoms. The van der Waals surface area contributed by atoms with E-state index in [1.807, 2.05) is 0 Å². The maximum atomic E-state index is 13.2. The molecule has 0 saturated carbocycles. The maximum absolute atomic E-state index is 13.2. The van der Waals surface area contributed by atoms with Gasteiger partial charge in [-0.15, -0.1) is 0 Å². The van der Waals surface area contributed by atoms with E-state index in [0.717, 1.165) is 12.1 Å². The number of nitrogens with zero attached hydrogens (tertiary/aromatic N) is 3. The van der Waals surface area contributed by atoms with Crippen LogP contribution in [0.2, 0.25) is 5.02 Å². The van der Waals surface area contributed by atoms with Gasteiger partial charge in [-0.2, -0.15) is 4.31 Å². The van der Waals surface area contributed by atoms with Crippen LogP contribution in [0.25, 0.3) is 0 Å². The predicted molar refractivity (Wildman–Crippen MR) is 100 cm³/mol. The molecule has 1 aromatic carbocycles. The summed E-state index contributed by atoms with van der Waals surface area (Å²) in [6.07, 6.45) is 1.32. The second-order valence-corrected chi connectivity index (χ2v) is 8.70. The number of piperazine rings is 1. The molecular weight excluding hydrogens is 411 g/mol. The number of halogens is 2. The average Bonchev–Trinajstić information content (AvgIpc) is 3.04. The van der Waals surface area contributed by atoms with Crippen LogP contribution in [-0.4, -0.2) is 60.2 Å². The van der Waals surface area contributed by atoms with Gasteiger partial charge >= 0.3 is 0 Å². The van der Waals surface area contributed by atoms with Crippen molar-refractivity contribution in [2.45, 2.75) is 4.90 Å². The molecule has 3 rings (SSSR count). The van der Waals surface area contributed by atoms with Crippen molar-refractivity contribution in [1.29, 1.82) is 0 Å². The van der Waals surface area contributed by atoms with Crippen molar-refractivity contribution in [2.75, 3.05) is 26.2 Å². The number of rotatable bonds is 4. The Morgan fingerprint density at radius 3 is 2.32 bits per heavy atom. The second kappa shape index (κ2) is 7.53. The smallest absolute Gasteiger partial charge is 0.265 e. The van der Waals surface area contributed by atoms with Gasteiger partial charge in [0.05, 0.1) is 10.6 Å². The quantitative estimate of drug-likeness (QED) is 0.785. The van der Waals surface area contributed by atoms with Crippen LogP contribution in [0.1, 0.15) is 20.8 Å². The van der Waals surface area contributed by atoms with Crippen molar-refractivity contribution in [3.8, 4) is 0 Å². The van der Waals surface area contributed by atoms with Gasteiger partial charge in [0.1, 0.15) is 16.4 Å². The summed E-state index contributed by atoms with van der Waals surface area (Å²) in [4.78, 5) is 25.4. The highest BCUT2D eigenvalue weighted by Gasteiger charge is 2.32. The van der Waals surface area contributed by atoms with Crippen molar-refractivity contribution in [3.63, 3.8) is 0 Å². The van der Waals surface area contributed by atoms with E-state index in [-0.39, 0.29) is 47.4 Å². The molecule has 1 aromatic heterocycles. The normalized spacial score (nSPS) is 15.6. The number of hydrogen-bond acceptors (Lipinski definition) is 4. The Balaban J connectivity index is 1.73. The van der Waals surface area contributed by atoms with E-state index in [9.17, 15) is 22.4 Å². The highest BCUT2D eigenvalue weighted by Crippen LogP contribution is 2.23. The average molecular weight is 429 g/mol. The zero-order chi connectivity index (χ0) is 20.6. The number of primary amides is 1. The molecular formula is C17H18ClFN4O4S.